The van der Waals surface area contributed by atoms with Crippen LogP contribution >= 0.6 is 0 Å². The SMILES string of the molecule is CC(=O)O.FNc1ccccc1. The highest BCUT2D eigenvalue weighted by Crippen LogP contribution is 2.03. The third kappa shape index (κ3) is 6.54. The molecule has 2 N–H and O–H groups in total. The summed E-state index contributed by atoms with van der Waals surface area (Å²) in [6.07, 6.45) is 0. The van der Waals surface area contributed by atoms with Crippen molar-refractivity contribution in [1.29, 1.82) is 0 Å². The van der Waals surface area contributed by atoms with Gasteiger partial charge in [-0.25, -0.2) is 5.54 Å². The van der Waals surface area contributed by atoms with E-state index in [0.29, 0.717) is 5.69 Å². The van der Waals surface area contributed by atoms with E-state index in [2.05, 4.69) is 0 Å². The fourth-order valence-corrected chi connectivity index (χ4v) is 0.501. The van der Waals surface area contributed by atoms with Crippen LogP contribution in [0.25, 0.3) is 0 Å². The Balaban J connectivity index is 0.000000261. The highest BCUT2D eigenvalue weighted by atomic mass is 19.2. The van der Waals surface area contributed by atoms with Crippen LogP contribution in [0.4, 0.5) is 10.2 Å². The van der Waals surface area contributed by atoms with Crippen LogP contribution in [0.2, 0.25) is 0 Å². The molecule has 0 aliphatic heterocycles. The van der Waals surface area contributed by atoms with Crippen LogP contribution in [0.3, 0.4) is 0 Å². The molecule has 0 saturated heterocycles. The maximum atomic E-state index is 11.5. The van der Waals surface area contributed by atoms with Crippen LogP contribution in [-0.2, 0) is 4.79 Å². The maximum Gasteiger partial charge on any atom is 0.300 e. The predicted molar refractivity (Wildman–Crippen MR) is 44.5 cm³/mol. The number of anilines is 1. The van der Waals surface area contributed by atoms with Gasteiger partial charge >= 0.3 is 0 Å². The fourth-order valence-electron chi connectivity index (χ4n) is 0.501. The lowest BCUT2D eigenvalue weighted by Crippen LogP contribution is -1.78. The Labute approximate surface area is 69.8 Å². The molecule has 0 bridgehead atoms. The predicted octanol–water partition coefficient (Wildman–Crippen LogP) is 2.07. The van der Waals surface area contributed by atoms with Gasteiger partial charge in [0, 0.05) is 6.92 Å². The Bertz CT molecular complexity index is 222. The molecule has 4 heteroatoms. The topological polar surface area (TPSA) is 49.3 Å². The minimum Gasteiger partial charge on any atom is -0.481 e. The number of rotatable bonds is 1. The molecule has 0 saturated carbocycles. The Morgan fingerprint density at radius 2 is 1.83 bits per heavy atom. The summed E-state index contributed by atoms with van der Waals surface area (Å²) in [4.78, 5) is 9.00. The maximum absolute atomic E-state index is 11.5. The number of hydrogen-bond donors (Lipinski definition) is 2. The van der Waals surface area contributed by atoms with E-state index in [4.69, 9.17) is 9.90 Å². The Hall–Kier alpha value is -1.58. The third-order valence-corrected chi connectivity index (χ3v) is 0.883. The minimum atomic E-state index is -0.833. The molecule has 1 aromatic carbocycles. The van der Waals surface area contributed by atoms with E-state index in [9.17, 15) is 4.48 Å². The standard InChI is InChI=1S/C6H6FN.C2H4O2/c7-8-6-4-2-1-3-5-6;1-2(3)4/h1-5,8H;1H3,(H,3,4). The van der Waals surface area contributed by atoms with Crippen molar-refractivity contribution in [3.63, 3.8) is 0 Å². The van der Waals surface area contributed by atoms with Gasteiger partial charge in [-0.15, -0.1) is 4.48 Å². The fraction of sp³-hybridized carbons (Fsp3) is 0.125. The number of hydrogen-bond acceptors (Lipinski definition) is 2. The van der Waals surface area contributed by atoms with Gasteiger partial charge in [-0.1, -0.05) is 18.2 Å². The lowest BCUT2D eigenvalue weighted by molar-refractivity contribution is -0.134. The lowest BCUT2D eigenvalue weighted by atomic mass is 10.3. The van der Waals surface area contributed by atoms with Crippen molar-refractivity contribution >= 4 is 11.7 Å². The number of carbonyl (C=O) groups is 1. The summed E-state index contributed by atoms with van der Waals surface area (Å²) in [7, 11) is 0. The van der Waals surface area contributed by atoms with Crippen LogP contribution in [0.1, 0.15) is 6.92 Å². The molecule has 0 heterocycles. The molecule has 0 atom stereocenters. The number of carboxylic acids is 1. The van der Waals surface area contributed by atoms with Gasteiger partial charge in [0.05, 0.1) is 5.69 Å². The van der Waals surface area contributed by atoms with Crippen molar-refractivity contribution in [3.05, 3.63) is 30.3 Å². The normalized spacial score (nSPS) is 7.83. The Morgan fingerprint density at radius 1 is 1.42 bits per heavy atom. The molecule has 12 heavy (non-hydrogen) atoms. The highest BCUT2D eigenvalue weighted by molar-refractivity contribution is 5.62. The van der Waals surface area contributed by atoms with E-state index in [1.807, 2.05) is 6.07 Å². The average molecular weight is 171 g/mol. The molecule has 1 aromatic rings. The largest absolute Gasteiger partial charge is 0.481 e. The van der Waals surface area contributed by atoms with Crippen molar-refractivity contribution in [2.24, 2.45) is 0 Å². The van der Waals surface area contributed by atoms with Crippen LogP contribution in [-0.4, -0.2) is 11.1 Å². The van der Waals surface area contributed by atoms with Crippen molar-refractivity contribution in [3.8, 4) is 0 Å². The summed E-state index contributed by atoms with van der Waals surface area (Å²) < 4.78 is 11.5. The summed E-state index contributed by atoms with van der Waals surface area (Å²) in [6.45, 7) is 1.08. The summed E-state index contributed by atoms with van der Waals surface area (Å²) in [5.41, 5.74) is 2.02. The number of nitrogens with one attached hydrogen (secondary N) is 1. The van der Waals surface area contributed by atoms with Crippen LogP contribution in [0, 0.1) is 0 Å². The highest BCUT2D eigenvalue weighted by Gasteiger charge is 1.80. The quantitative estimate of drug-likeness (QED) is 0.636. The zero-order valence-corrected chi connectivity index (χ0v) is 6.62. The second-order valence-corrected chi connectivity index (χ2v) is 1.98. The van der Waals surface area contributed by atoms with Gasteiger partial charge in [0.15, 0.2) is 0 Å². The first kappa shape index (κ1) is 10.4. The first-order valence-corrected chi connectivity index (χ1v) is 3.28. The molecule has 0 aromatic heterocycles. The molecule has 66 valence electrons. The number of benzene rings is 1. The van der Waals surface area contributed by atoms with E-state index >= 15 is 0 Å². The van der Waals surface area contributed by atoms with Gasteiger partial charge in [-0.2, -0.15) is 0 Å². The second-order valence-electron chi connectivity index (χ2n) is 1.98. The first-order chi connectivity index (χ1) is 5.66. The van der Waals surface area contributed by atoms with Crippen molar-refractivity contribution in [2.45, 2.75) is 6.92 Å². The van der Waals surface area contributed by atoms with Crippen LogP contribution in [0.5, 0.6) is 0 Å². The molecular formula is C8H10FNO2. The van der Waals surface area contributed by atoms with E-state index in [0.717, 1.165) is 6.92 Å². The van der Waals surface area contributed by atoms with Gasteiger partial charge < -0.3 is 5.11 Å². The molecule has 0 aliphatic carbocycles. The molecule has 0 fully saturated rings. The monoisotopic (exact) mass is 171 g/mol. The van der Waals surface area contributed by atoms with Gasteiger partial charge in [-0.05, 0) is 12.1 Å². The van der Waals surface area contributed by atoms with Crippen molar-refractivity contribution in [2.75, 3.05) is 5.54 Å². The van der Waals surface area contributed by atoms with Gasteiger partial charge in [0.2, 0.25) is 0 Å². The van der Waals surface area contributed by atoms with Gasteiger partial charge in [-0.3, -0.25) is 4.79 Å². The molecule has 0 aliphatic rings. The summed E-state index contributed by atoms with van der Waals surface area (Å²) >= 11 is 0. The number of aliphatic carboxylic acids is 1. The Morgan fingerprint density at radius 3 is 2.08 bits per heavy atom. The molecular weight excluding hydrogens is 161 g/mol. The number of carboxylic acid groups (broad SMARTS) is 1. The van der Waals surface area contributed by atoms with Crippen molar-refractivity contribution in [1.82, 2.24) is 0 Å². The summed E-state index contributed by atoms with van der Waals surface area (Å²) in [6, 6.07) is 8.67. The van der Waals surface area contributed by atoms with E-state index in [1.165, 1.54) is 5.54 Å². The number of halogens is 1. The molecule has 0 amide bonds. The first-order valence-electron chi connectivity index (χ1n) is 3.28. The third-order valence-electron chi connectivity index (χ3n) is 0.883. The summed E-state index contributed by atoms with van der Waals surface area (Å²) in [5.74, 6) is -0.833. The van der Waals surface area contributed by atoms with E-state index in [1.54, 1.807) is 24.3 Å². The molecule has 0 spiro atoms. The van der Waals surface area contributed by atoms with E-state index < -0.39 is 5.97 Å². The summed E-state index contributed by atoms with van der Waals surface area (Å²) in [5, 5.41) is 7.42. The lowest BCUT2D eigenvalue weighted by Gasteiger charge is -1.89. The smallest absolute Gasteiger partial charge is 0.300 e. The molecule has 3 nitrogen and oxygen atoms in total. The minimum absolute atomic E-state index is 0.493. The zero-order chi connectivity index (χ0) is 9.40. The number of para-hydroxylation sites is 1. The van der Waals surface area contributed by atoms with E-state index in [-0.39, 0.29) is 0 Å². The van der Waals surface area contributed by atoms with Crippen molar-refractivity contribution < 1.29 is 14.4 Å². The van der Waals surface area contributed by atoms with Gasteiger partial charge in [0.1, 0.15) is 0 Å². The average Bonchev–Trinajstić information content (AvgIpc) is 2.05. The Kier molecular flexibility index (Phi) is 5.34. The molecule has 1 rings (SSSR count). The zero-order valence-electron chi connectivity index (χ0n) is 6.62. The van der Waals surface area contributed by atoms with Crippen LogP contribution in [0.15, 0.2) is 30.3 Å². The second kappa shape index (κ2) is 6.15. The van der Waals surface area contributed by atoms with Gasteiger partial charge in [0.25, 0.3) is 5.97 Å². The van der Waals surface area contributed by atoms with Crippen LogP contribution < -0.4 is 5.54 Å². The molecule has 0 radical (unpaired) electrons. The molecule has 0 unspecified atom stereocenters.